The fraction of sp³-hybridized carbons (Fsp3) is 0.400. The van der Waals surface area contributed by atoms with Gasteiger partial charge in [-0.1, -0.05) is 25.1 Å². The standard InChI is InChI=1S/C15H19N3O2S/c1-3-21-9-8-10(2)16-15(20)13-11-6-4-5-7-12(11)14(19)18-17-13/h4-7,10H,3,8-9H2,1-2H3,(H,16,20)(H,18,19). The number of amides is 1. The van der Waals surface area contributed by atoms with E-state index in [1.54, 1.807) is 24.3 Å². The second-order valence-electron chi connectivity index (χ2n) is 4.81. The summed E-state index contributed by atoms with van der Waals surface area (Å²) in [6.07, 6.45) is 0.908. The molecule has 1 amide bonds. The fourth-order valence-electron chi connectivity index (χ4n) is 2.06. The van der Waals surface area contributed by atoms with E-state index in [1.165, 1.54) is 0 Å². The van der Waals surface area contributed by atoms with E-state index in [9.17, 15) is 9.59 Å². The highest BCUT2D eigenvalue weighted by Crippen LogP contribution is 2.12. The van der Waals surface area contributed by atoms with E-state index in [0.717, 1.165) is 17.9 Å². The molecule has 0 saturated heterocycles. The Morgan fingerprint density at radius 1 is 1.38 bits per heavy atom. The van der Waals surface area contributed by atoms with Gasteiger partial charge in [0.1, 0.15) is 0 Å². The number of nitrogens with zero attached hydrogens (tertiary/aromatic N) is 1. The Balaban J connectivity index is 2.16. The first-order chi connectivity index (χ1) is 10.1. The van der Waals surface area contributed by atoms with Gasteiger partial charge in [-0.15, -0.1) is 0 Å². The van der Waals surface area contributed by atoms with Crippen LogP contribution in [0.15, 0.2) is 29.1 Å². The van der Waals surface area contributed by atoms with E-state index in [-0.39, 0.29) is 23.2 Å². The molecule has 2 aromatic rings. The van der Waals surface area contributed by atoms with Gasteiger partial charge in [-0.25, -0.2) is 5.10 Å². The lowest BCUT2D eigenvalue weighted by molar-refractivity contribution is 0.0935. The van der Waals surface area contributed by atoms with Crippen molar-refractivity contribution in [1.82, 2.24) is 15.5 Å². The Morgan fingerprint density at radius 2 is 2.10 bits per heavy atom. The maximum atomic E-state index is 12.3. The first-order valence-electron chi connectivity index (χ1n) is 6.99. The van der Waals surface area contributed by atoms with Crippen molar-refractivity contribution in [1.29, 1.82) is 0 Å². The minimum atomic E-state index is -0.283. The average Bonchev–Trinajstić information content (AvgIpc) is 2.48. The maximum Gasteiger partial charge on any atom is 0.272 e. The number of thioether (sulfide) groups is 1. The topological polar surface area (TPSA) is 74.8 Å². The fourth-order valence-corrected chi connectivity index (χ4v) is 2.87. The zero-order chi connectivity index (χ0) is 15.2. The first kappa shape index (κ1) is 15.6. The van der Waals surface area contributed by atoms with E-state index < -0.39 is 0 Å². The zero-order valence-electron chi connectivity index (χ0n) is 12.2. The summed E-state index contributed by atoms with van der Waals surface area (Å²) < 4.78 is 0. The predicted octanol–water partition coefficient (Wildman–Crippen LogP) is 2.18. The van der Waals surface area contributed by atoms with Crippen LogP contribution in [0, 0.1) is 0 Å². The quantitative estimate of drug-likeness (QED) is 0.802. The van der Waals surface area contributed by atoms with Crippen molar-refractivity contribution in [2.45, 2.75) is 26.3 Å². The molecule has 0 spiro atoms. The molecule has 0 aliphatic heterocycles. The molecule has 2 rings (SSSR count). The second kappa shape index (κ2) is 7.26. The molecule has 0 aliphatic carbocycles. The van der Waals surface area contributed by atoms with Crippen molar-refractivity contribution in [3.63, 3.8) is 0 Å². The Hall–Kier alpha value is -1.82. The number of aromatic nitrogens is 2. The van der Waals surface area contributed by atoms with Crippen LogP contribution in [0.1, 0.15) is 30.8 Å². The lowest BCUT2D eigenvalue weighted by Crippen LogP contribution is -2.34. The van der Waals surface area contributed by atoms with Crippen molar-refractivity contribution >= 4 is 28.4 Å². The van der Waals surface area contributed by atoms with Gasteiger partial charge in [0.15, 0.2) is 5.69 Å². The summed E-state index contributed by atoms with van der Waals surface area (Å²) in [7, 11) is 0. The summed E-state index contributed by atoms with van der Waals surface area (Å²) in [5.41, 5.74) is -0.0188. The molecule has 0 aliphatic rings. The number of hydrogen-bond acceptors (Lipinski definition) is 4. The molecule has 0 radical (unpaired) electrons. The van der Waals surface area contributed by atoms with E-state index in [0.29, 0.717) is 10.8 Å². The van der Waals surface area contributed by atoms with Crippen LogP contribution in [-0.2, 0) is 0 Å². The van der Waals surface area contributed by atoms with Gasteiger partial charge in [-0.05, 0) is 30.9 Å². The van der Waals surface area contributed by atoms with Gasteiger partial charge in [-0.3, -0.25) is 9.59 Å². The number of aromatic amines is 1. The molecule has 21 heavy (non-hydrogen) atoms. The minimum absolute atomic E-state index is 0.0732. The van der Waals surface area contributed by atoms with Gasteiger partial charge in [-0.2, -0.15) is 16.9 Å². The van der Waals surface area contributed by atoms with Gasteiger partial charge in [0.25, 0.3) is 11.5 Å². The molecule has 6 heteroatoms. The highest BCUT2D eigenvalue weighted by Gasteiger charge is 2.15. The van der Waals surface area contributed by atoms with Gasteiger partial charge in [0, 0.05) is 11.4 Å². The summed E-state index contributed by atoms with van der Waals surface area (Å²) in [6, 6.07) is 7.06. The molecule has 1 heterocycles. The van der Waals surface area contributed by atoms with Gasteiger partial charge >= 0.3 is 0 Å². The molecule has 5 nitrogen and oxygen atoms in total. The molecule has 1 aromatic carbocycles. The van der Waals surface area contributed by atoms with E-state index >= 15 is 0 Å². The lowest BCUT2D eigenvalue weighted by Gasteiger charge is -2.13. The van der Waals surface area contributed by atoms with Crippen LogP contribution in [-0.4, -0.2) is 33.7 Å². The Labute approximate surface area is 127 Å². The molecule has 0 fully saturated rings. The second-order valence-corrected chi connectivity index (χ2v) is 6.20. The third kappa shape index (κ3) is 3.85. The monoisotopic (exact) mass is 305 g/mol. The molecule has 0 saturated carbocycles. The van der Waals surface area contributed by atoms with Crippen molar-refractivity contribution < 1.29 is 4.79 Å². The highest BCUT2D eigenvalue weighted by molar-refractivity contribution is 7.99. The van der Waals surface area contributed by atoms with Crippen LogP contribution < -0.4 is 10.9 Å². The van der Waals surface area contributed by atoms with Crippen LogP contribution in [0.5, 0.6) is 0 Å². The summed E-state index contributed by atoms with van der Waals surface area (Å²) in [5.74, 6) is 1.83. The Bertz CT molecular complexity index is 684. The van der Waals surface area contributed by atoms with Crippen LogP contribution in [0.4, 0.5) is 0 Å². The molecule has 2 N–H and O–H groups in total. The summed E-state index contributed by atoms with van der Waals surface area (Å²) in [4.78, 5) is 24.0. The summed E-state index contributed by atoms with van der Waals surface area (Å²) in [6.45, 7) is 4.09. The average molecular weight is 305 g/mol. The molecule has 1 aromatic heterocycles. The number of fused-ring (bicyclic) bond motifs is 1. The number of H-pyrrole nitrogens is 1. The number of rotatable bonds is 6. The molecule has 112 valence electrons. The molecular formula is C15H19N3O2S. The van der Waals surface area contributed by atoms with Crippen molar-refractivity contribution in [2.75, 3.05) is 11.5 Å². The van der Waals surface area contributed by atoms with Gasteiger partial charge in [0.2, 0.25) is 0 Å². The third-order valence-corrected chi connectivity index (χ3v) is 4.12. The summed E-state index contributed by atoms with van der Waals surface area (Å²) in [5, 5.41) is 10.3. The molecule has 1 unspecified atom stereocenters. The van der Waals surface area contributed by atoms with Gasteiger partial charge < -0.3 is 5.32 Å². The Kier molecular flexibility index (Phi) is 5.38. The smallest absolute Gasteiger partial charge is 0.272 e. The SMILES string of the molecule is CCSCCC(C)NC(=O)c1n[nH]c(=O)c2ccccc12. The largest absolute Gasteiger partial charge is 0.348 e. The van der Waals surface area contributed by atoms with Crippen LogP contribution in [0.2, 0.25) is 0 Å². The van der Waals surface area contributed by atoms with E-state index in [2.05, 4.69) is 22.4 Å². The van der Waals surface area contributed by atoms with Crippen molar-refractivity contribution in [2.24, 2.45) is 0 Å². The van der Waals surface area contributed by atoms with Crippen LogP contribution in [0.3, 0.4) is 0 Å². The van der Waals surface area contributed by atoms with Crippen molar-refractivity contribution in [3.8, 4) is 0 Å². The number of nitrogens with one attached hydrogen (secondary N) is 2. The third-order valence-electron chi connectivity index (χ3n) is 3.19. The lowest BCUT2D eigenvalue weighted by atomic mass is 10.1. The normalized spacial score (nSPS) is 12.3. The molecule has 1 atom stereocenters. The zero-order valence-corrected chi connectivity index (χ0v) is 13.0. The Morgan fingerprint density at radius 3 is 2.81 bits per heavy atom. The number of benzene rings is 1. The number of carbonyl (C=O) groups is 1. The maximum absolute atomic E-state index is 12.3. The van der Waals surface area contributed by atoms with Crippen LogP contribution >= 0.6 is 11.8 Å². The van der Waals surface area contributed by atoms with Crippen LogP contribution in [0.25, 0.3) is 10.8 Å². The van der Waals surface area contributed by atoms with E-state index in [1.807, 2.05) is 18.7 Å². The minimum Gasteiger partial charge on any atom is -0.348 e. The predicted molar refractivity (Wildman–Crippen MR) is 86.9 cm³/mol. The first-order valence-corrected chi connectivity index (χ1v) is 8.15. The van der Waals surface area contributed by atoms with Crippen molar-refractivity contribution in [3.05, 3.63) is 40.3 Å². The highest BCUT2D eigenvalue weighted by atomic mass is 32.2. The number of hydrogen-bond donors (Lipinski definition) is 2. The van der Waals surface area contributed by atoms with Gasteiger partial charge in [0.05, 0.1) is 5.39 Å². The van der Waals surface area contributed by atoms with E-state index in [4.69, 9.17) is 0 Å². The molecular weight excluding hydrogens is 286 g/mol. The summed E-state index contributed by atoms with van der Waals surface area (Å²) >= 11 is 1.85. The number of carbonyl (C=O) groups excluding carboxylic acids is 1. The molecule has 0 bridgehead atoms.